The van der Waals surface area contributed by atoms with Gasteiger partial charge in [-0.3, -0.25) is 9.89 Å². The van der Waals surface area contributed by atoms with Gasteiger partial charge in [-0.1, -0.05) is 6.07 Å². The van der Waals surface area contributed by atoms with E-state index in [-0.39, 0.29) is 24.0 Å². The number of aliphatic imine (C=N–C) groups is 1. The molecule has 120 valence electrons. The fourth-order valence-corrected chi connectivity index (χ4v) is 3.60. The molecule has 2 rings (SSSR count). The predicted molar refractivity (Wildman–Crippen MR) is 103 cm³/mol. The zero-order chi connectivity index (χ0) is 14.4. The van der Waals surface area contributed by atoms with Crippen LogP contribution in [0.2, 0.25) is 0 Å². The Morgan fingerprint density at radius 1 is 1.38 bits per heavy atom. The summed E-state index contributed by atoms with van der Waals surface area (Å²) in [6.07, 6.45) is 2.61. The van der Waals surface area contributed by atoms with Crippen molar-refractivity contribution in [2.75, 3.05) is 32.7 Å². The lowest BCUT2D eigenvalue weighted by molar-refractivity contribution is 0.254. The van der Waals surface area contributed by atoms with Gasteiger partial charge in [0.1, 0.15) is 0 Å². The standard InChI is InChI=1S/C15H26N4S.HI/c1-3-18(4-2)15(16)17-12-13(14-8-7-11-20-14)19-9-5-6-10-19;/h7-8,11,13H,3-6,9-10,12H2,1-2H3,(H2,16,17);1H. The molecule has 1 atom stereocenters. The largest absolute Gasteiger partial charge is 0.370 e. The molecule has 1 unspecified atom stereocenters. The van der Waals surface area contributed by atoms with Crippen LogP contribution in [0.1, 0.15) is 37.6 Å². The van der Waals surface area contributed by atoms with Gasteiger partial charge in [-0.25, -0.2) is 0 Å². The molecule has 21 heavy (non-hydrogen) atoms. The summed E-state index contributed by atoms with van der Waals surface area (Å²) in [7, 11) is 0. The van der Waals surface area contributed by atoms with Crippen molar-refractivity contribution in [1.82, 2.24) is 9.80 Å². The molecule has 0 spiro atoms. The third-order valence-electron chi connectivity index (χ3n) is 3.97. The first-order chi connectivity index (χ1) is 9.76. The molecule has 1 saturated heterocycles. The van der Waals surface area contributed by atoms with E-state index < -0.39 is 0 Å². The highest BCUT2D eigenvalue weighted by Gasteiger charge is 2.24. The molecule has 1 fully saturated rings. The quantitative estimate of drug-likeness (QED) is 0.435. The zero-order valence-corrected chi connectivity index (χ0v) is 16.1. The van der Waals surface area contributed by atoms with Crippen LogP contribution >= 0.6 is 35.3 Å². The van der Waals surface area contributed by atoms with Crippen molar-refractivity contribution in [3.63, 3.8) is 0 Å². The average molecular weight is 422 g/mol. The summed E-state index contributed by atoms with van der Waals surface area (Å²) in [4.78, 5) is 10.7. The molecule has 0 aromatic carbocycles. The maximum atomic E-state index is 6.10. The van der Waals surface area contributed by atoms with E-state index in [4.69, 9.17) is 5.73 Å². The molecule has 0 bridgehead atoms. The molecule has 1 aromatic heterocycles. The Morgan fingerprint density at radius 2 is 2.05 bits per heavy atom. The average Bonchev–Trinajstić information content (AvgIpc) is 3.13. The molecular formula is C15H27IN4S. The summed E-state index contributed by atoms with van der Waals surface area (Å²) < 4.78 is 0. The summed E-state index contributed by atoms with van der Waals surface area (Å²) in [6, 6.07) is 4.74. The Bertz CT molecular complexity index is 411. The second-order valence-electron chi connectivity index (χ2n) is 5.15. The van der Waals surface area contributed by atoms with Gasteiger partial charge in [0.15, 0.2) is 5.96 Å². The number of guanidine groups is 1. The molecule has 1 aliphatic heterocycles. The SMILES string of the molecule is CCN(CC)C(N)=NCC(c1cccs1)N1CCCC1.I. The molecule has 2 N–H and O–H groups in total. The minimum atomic E-state index is 0. The van der Waals surface area contributed by atoms with Crippen LogP contribution in [0.4, 0.5) is 0 Å². The van der Waals surface area contributed by atoms with E-state index in [1.807, 2.05) is 11.3 Å². The van der Waals surface area contributed by atoms with Crippen LogP contribution in [0.25, 0.3) is 0 Å². The maximum absolute atomic E-state index is 6.10. The summed E-state index contributed by atoms with van der Waals surface area (Å²) in [6.45, 7) is 9.19. The number of nitrogens with two attached hydrogens (primary N) is 1. The third kappa shape index (κ3) is 5.10. The Labute approximate surface area is 149 Å². The monoisotopic (exact) mass is 422 g/mol. The molecule has 1 aromatic rings. The van der Waals surface area contributed by atoms with Crippen LogP contribution in [0.15, 0.2) is 22.5 Å². The van der Waals surface area contributed by atoms with Crippen LogP contribution in [-0.2, 0) is 0 Å². The number of thiophene rings is 1. The first kappa shape index (κ1) is 18.7. The van der Waals surface area contributed by atoms with Gasteiger partial charge in [0.25, 0.3) is 0 Å². The van der Waals surface area contributed by atoms with E-state index in [0.717, 1.165) is 19.6 Å². The first-order valence-electron chi connectivity index (χ1n) is 7.58. The van der Waals surface area contributed by atoms with Gasteiger partial charge in [0.2, 0.25) is 0 Å². The molecular weight excluding hydrogens is 395 g/mol. The zero-order valence-electron chi connectivity index (χ0n) is 13.0. The topological polar surface area (TPSA) is 44.9 Å². The molecule has 0 amide bonds. The molecule has 0 saturated carbocycles. The van der Waals surface area contributed by atoms with Crippen molar-refractivity contribution in [3.05, 3.63) is 22.4 Å². The highest BCUT2D eigenvalue weighted by Crippen LogP contribution is 2.28. The van der Waals surface area contributed by atoms with Crippen LogP contribution in [0.3, 0.4) is 0 Å². The minimum Gasteiger partial charge on any atom is -0.370 e. The van der Waals surface area contributed by atoms with Crippen molar-refractivity contribution in [1.29, 1.82) is 0 Å². The molecule has 0 radical (unpaired) electrons. The van der Waals surface area contributed by atoms with Crippen molar-refractivity contribution in [2.45, 2.75) is 32.7 Å². The van der Waals surface area contributed by atoms with E-state index in [2.05, 4.69) is 46.2 Å². The van der Waals surface area contributed by atoms with E-state index in [1.165, 1.54) is 30.8 Å². The van der Waals surface area contributed by atoms with E-state index in [9.17, 15) is 0 Å². The Hall–Kier alpha value is -0.340. The minimum absolute atomic E-state index is 0. The molecule has 6 heteroatoms. The molecule has 2 heterocycles. The summed E-state index contributed by atoms with van der Waals surface area (Å²) >= 11 is 1.82. The number of hydrogen-bond donors (Lipinski definition) is 1. The van der Waals surface area contributed by atoms with Crippen LogP contribution in [0.5, 0.6) is 0 Å². The fraction of sp³-hybridized carbons (Fsp3) is 0.667. The van der Waals surface area contributed by atoms with Gasteiger partial charge in [0, 0.05) is 18.0 Å². The van der Waals surface area contributed by atoms with Crippen LogP contribution in [0, 0.1) is 0 Å². The molecule has 1 aliphatic rings. The molecule has 0 aliphatic carbocycles. The van der Waals surface area contributed by atoms with Gasteiger partial charge < -0.3 is 10.6 Å². The number of likely N-dealkylation sites (tertiary alicyclic amines) is 1. The summed E-state index contributed by atoms with van der Waals surface area (Å²) in [5.74, 6) is 0.677. The Kier molecular flexibility index (Phi) is 8.58. The van der Waals surface area contributed by atoms with Gasteiger partial charge in [-0.15, -0.1) is 35.3 Å². The number of rotatable bonds is 6. The van der Waals surface area contributed by atoms with Crippen LogP contribution < -0.4 is 5.73 Å². The Morgan fingerprint density at radius 3 is 2.57 bits per heavy atom. The molecule has 4 nitrogen and oxygen atoms in total. The lowest BCUT2D eigenvalue weighted by Crippen LogP contribution is -2.38. The van der Waals surface area contributed by atoms with Gasteiger partial charge in [-0.2, -0.15) is 0 Å². The smallest absolute Gasteiger partial charge is 0.191 e. The van der Waals surface area contributed by atoms with Gasteiger partial charge in [0.05, 0.1) is 12.6 Å². The number of halogens is 1. The highest BCUT2D eigenvalue weighted by atomic mass is 127. The fourth-order valence-electron chi connectivity index (χ4n) is 2.75. The lowest BCUT2D eigenvalue weighted by Gasteiger charge is -2.26. The van der Waals surface area contributed by atoms with E-state index in [0.29, 0.717) is 12.0 Å². The van der Waals surface area contributed by atoms with Crippen molar-refractivity contribution >= 4 is 41.3 Å². The maximum Gasteiger partial charge on any atom is 0.191 e. The van der Waals surface area contributed by atoms with Gasteiger partial charge in [-0.05, 0) is 51.2 Å². The first-order valence-corrected chi connectivity index (χ1v) is 8.46. The van der Waals surface area contributed by atoms with E-state index >= 15 is 0 Å². The van der Waals surface area contributed by atoms with E-state index in [1.54, 1.807) is 0 Å². The van der Waals surface area contributed by atoms with Crippen LogP contribution in [-0.4, -0.2) is 48.5 Å². The third-order valence-corrected chi connectivity index (χ3v) is 4.94. The predicted octanol–water partition coefficient (Wildman–Crippen LogP) is 3.16. The van der Waals surface area contributed by atoms with Crippen molar-refractivity contribution in [2.24, 2.45) is 10.7 Å². The van der Waals surface area contributed by atoms with Crippen molar-refractivity contribution < 1.29 is 0 Å². The Balaban J connectivity index is 0.00000220. The normalized spacial score (nSPS) is 17.5. The number of nitrogens with zero attached hydrogens (tertiary/aromatic N) is 3. The summed E-state index contributed by atoms with van der Waals surface area (Å²) in [5, 5.41) is 2.15. The highest BCUT2D eigenvalue weighted by molar-refractivity contribution is 14.0. The lowest BCUT2D eigenvalue weighted by atomic mass is 10.2. The second kappa shape index (κ2) is 9.63. The van der Waals surface area contributed by atoms with Crippen molar-refractivity contribution in [3.8, 4) is 0 Å². The van der Waals surface area contributed by atoms with Gasteiger partial charge >= 0.3 is 0 Å². The number of hydrogen-bond acceptors (Lipinski definition) is 3. The second-order valence-corrected chi connectivity index (χ2v) is 6.12. The summed E-state index contributed by atoms with van der Waals surface area (Å²) in [5.41, 5.74) is 6.10.